The number of hydrogen-bond donors (Lipinski definition) is 0. The highest BCUT2D eigenvalue weighted by Crippen LogP contribution is 2.37. The molecule has 8 heteroatoms. The van der Waals surface area contributed by atoms with E-state index in [1.807, 2.05) is 29.8 Å². The molecule has 0 atom stereocenters. The van der Waals surface area contributed by atoms with Gasteiger partial charge in [-0.3, -0.25) is 4.79 Å². The van der Waals surface area contributed by atoms with E-state index in [2.05, 4.69) is 52.6 Å². The lowest BCUT2D eigenvalue weighted by Crippen LogP contribution is -2.30. The molecule has 1 aromatic carbocycles. The molecule has 3 aromatic rings. The van der Waals surface area contributed by atoms with E-state index in [4.69, 9.17) is 9.72 Å². The molecule has 0 N–H and O–H groups in total. The van der Waals surface area contributed by atoms with Gasteiger partial charge in [-0.2, -0.15) is 4.52 Å². The topological polar surface area (TPSA) is 51.8 Å². The highest BCUT2D eigenvalue weighted by Gasteiger charge is 2.28. The summed E-state index contributed by atoms with van der Waals surface area (Å²) < 4.78 is 10.4. The second-order valence-corrected chi connectivity index (χ2v) is 16.2. The maximum Gasteiger partial charge on any atom is 0.287 e. The van der Waals surface area contributed by atoms with Gasteiger partial charge in [0.25, 0.3) is 5.56 Å². The van der Waals surface area contributed by atoms with Gasteiger partial charge < -0.3 is 9.64 Å². The first kappa shape index (κ1) is 23.3. The number of benzene rings is 1. The van der Waals surface area contributed by atoms with Crippen LogP contribution in [0.15, 0.2) is 39.6 Å². The molecule has 1 aliphatic heterocycles. The third kappa shape index (κ3) is 4.72. The zero-order valence-electron chi connectivity index (χ0n) is 19.5. The van der Waals surface area contributed by atoms with Crippen LogP contribution in [0.4, 0.5) is 5.69 Å². The van der Waals surface area contributed by atoms with Crippen molar-refractivity contribution in [2.75, 3.05) is 24.6 Å². The van der Waals surface area contributed by atoms with Crippen LogP contribution in [0.1, 0.15) is 25.0 Å². The minimum absolute atomic E-state index is 0.0956. The van der Waals surface area contributed by atoms with E-state index >= 15 is 0 Å². The molecular formula is C24H33BrN4O2Si. The Kier molecular flexibility index (Phi) is 6.93. The predicted molar refractivity (Wildman–Crippen MR) is 137 cm³/mol. The van der Waals surface area contributed by atoms with E-state index in [9.17, 15) is 4.79 Å². The molecule has 0 bridgehead atoms. The number of hydrogen-bond acceptors (Lipinski definition) is 4. The summed E-state index contributed by atoms with van der Waals surface area (Å²) in [5.74, 6) is 0. The maximum absolute atomic E-state index is 13.4. The fourth-order valence-corrected chi connectivity index (χ4v) is 5.26. The number of rotatable bonds is 7. The van der Waals surface area contributed by atoms with E-state index in [0.29, 0.717) is 29.2 Å². The van der Waals surface area contributed by atoms with Gasteiger partial charge in [0.1, 0.15) is 16.9 Å². The highest BCUT2D eigenvalue weighted by atomic mass is 79.9. The molecule has 32 heavy (non-hydrogen) atoms. The summed E-state index contributed by atoms with van der Waals surface area (Å²) in [5.41, 5.74) is 4.44. The van der Waals surface area contributed by atoms with Crippen LogP contribution in [-0.4, -0.2) is 42.0 Å². The van der Waals surface area contributed by atoms with Gasteiger partial charge in [0.05, 0.1) is 11.4 Å². The maximum atomic E-state index is 13.4. The minimum atomic E-state index is -1.21. The van der Waals surface area contributed by atoms with Gasteiger partial charge in [0.2, 0.25) is 0 Å². The van der Waals surface area contributed by atoms with Crippen molar-refractivity contribution >= 4 is 35.3 Å². The molecule has 6 nitrogen and oxygen atoms in total. The lowest BCUT2D eigenvalue weighted by molar-refractivity contribution is 0.0763. The lowest BCUT2D eigenvalue weighted by Gasteiger charge is -2.29. The number of aryl methyl sites for hydroxylation is 1. The first-order chi connectivity index (χ1) is 15.3. The van der Waals surface area contributed by atoms with Gasteiger partial charge >= 0.3 is 0 Å². The Morgan fingerprint density at radius 3 is 2.44 bits per heavy atom. The molecule has 0 saturated carbocycles. The number of nitrogens with zero attached hydrogens (tertiary/aromatic N) is 4. The van der Waals surface area contributed by atoms with Gasteiger partial charge in [-0.15, -0.1) is 0 Å². The molecule has 3 heterocycles. The number of halogens is 1. The smallest absolute Gasteiger partial charge is 0.287 e. The number of fused-ring (bicyclic) bond motifs is 1. The predicted octanol–water partition coefficient (Wildman–Crippen LogP) is 5.54. The zero-order valence-corrected chi connectivity index (χ0v) is 22.1. The molecule has 0 spiro atoms. The standard InChI is InChI=1S/C24H33BrN4O2Si/c1-18-20(25)24(30)29-23(26-18)22(27-13-9-6-10-14-27)21(19-11-7-5-8-12-19)28(29)17-31-15-16-32(2,3)4/h5,7-8,11-12H,6,9-10,13-17H2,1-4H3. The van der Waals surface area contributed by atoms with Crippen LogP contribution >= 0.6 is 15.9 Å². The van der Waals surface area contributed by atoms with Gasteiger partial charge in [-0.1, -0.05) is 50.0 Å². The van der Waals surface area contributed by atoms with Crippen LogP contribution in [0.3, 0.4) is 0 Å². The first-order valence-corrected chi connectivity index (χ1v) is 16.0. The second-order valence-electron chi connectivity index (χ2n) is 9.81. The Bertz CT molecular complexity index is 1140. The van der Waals surface area contributed by atoms with Crippen molar-refractivity contribution in [3.8, 4) is 11.3 Å². The van der Waals surface area contributed by atoms with E-state index in [1.165, 1.54) is 6.42 Å². The summed E-state index contributed by atoms with van der Waals surface area (Å²) in [6.45, 7) is 11.9. The van der Waals surface area contributed by atoms with Gasteiger partial charge in [0, 0.05) is 33.3 Å². The SMILES string of the molecule is Cc1nc2c(N3CCCCC3)c(-c3ccccc3)n(COCC[Si](C)(C)C)n2c(=O)c1Br. The number of anilines is 1. The third-order valence-electron chi connectivity index (χ3n) is 6.04. The van der Waals surface area contributed by atoms with Crippen LogP contribution in [-0.2, 0) is 11.5 Å². The monoisotopic (exact) mass is 516 g/mol. The molecule has 0 radical (unpaired) electrons. The molecule has 1 fully saturated rings. The summed E-state index contributed by atoms with van der Waals surface area (Å²) in [5, 5.41) is 0. The molecule has 4 rings (SSSR count). The van der Waals surface area contributed by atoms with Gasteiger partial charge in [-0.25, -0.2) is 9.67 Å². The summed E-state index contributed by atoms with van der Waals surface area (Å²) in [6.07, 6.45) is 3.55. The molecule has 1 aliphatic rings. The van der Waals surface area contributed by atoms with E-state index < -0.39 is 8.07 Å². The zero-order chi connectivity index (χ0) is 22.9. The van der Waals surface area contributed by atoms with Crippen LogP contribution in [0.25, 0.3) is 16.9 Å². The van der Waals surface area contributed by atoms with Crippen molar-refractivity contribution < 1.29 is 4.74 Å². The van der Waals surface area contributed by atoms with E-state index in [-0.39, 0.29) is 5.56 Å². The summed E-state index contributed by atoms with van der Waals surface area (Å²) in [6, 6.07) is 11.4. The molecule has 2 aromatic heterocycles. The fraction of sp³-hybridized carbons (Fsp3) is 0.500. The van der Waals surface area contributed by atoms with E-state index in [1.54, 1.807) is 4.52 Å². The molecule has 0 amide bonds. The summed E-state index contributed by atoms with van der Waals surface area (Å²) in [7, 11) is -1.21. The Morgan fingerprint density at radius 1 is 1.09 bits per heavy atom. The normalized spacial score (nSPS) is 15.0. The fourth-order valence-electron chi connectivity index (χ4n) is 4.25. The van der Waals surface area contributed by atoms with Crippen molar-refractivity contribution in [2.45, 2.75) is 58.6 Å². The Hall–Kier alpha value is -1.90. The quantitative estimate of drug-likeness (QED) is 0.305. The Labute approximate surface area is 199 Å². The summed E-state index contributed by atoms with van der Waals surface area (Å²) >= 11 is 3.47. The third-order valence-corrected chi connectivity index (χ3v) is 8.65. The van der Waals surface area contributed by atoms with Crippen molar-refractivity contribution in [2.24, 2.45) is 0 Å². The van der Waals surface area contributed by atoms with Crippen LogP contribution in [0.5, 0.6) is 0 Å². The first-order valence-electron chi connectivity index (χ1n) is 11.5. The molecule has 172 valence electrons. The molecule has 0 unspecified atom stereocenters. The van der Waals surface area contributed by atoms with E-state index in [0.717, 1.165) is 48.9 Å². The van der Waals surface area contributed by atoms with Crippen molar-refractivity contribution in [1.82, 2.24) is 14.2 Å². The average molecular weight is 518 g/mol. The molecule has 0 aliphatic carbocycles. The highest BCUT2D eigenvalue weighted by molar-refractivity contribution is 9.10. The van der Waals surface area contributed by atoms with Crippen LogP contribution in [0, 0.1) is 6.92 Å². The number of piperidine rings is 1. The molecular weight excluding hydrogens is 484 g/mol. The Morgan fingerprint density at radius 2 is 1.78 bits per heavy atom. The largest absolute Gasteiger partial charge is 0.367 e. The Balaban J connectivity index is 1.92. The van der Waals surface area contributed by atoms with Crippen LogP contribution in [0.2, 0.25) is 25.7 Å². The minimum Gasteiger partial charge on any atom is -0.367 e. The number of aromatic nitrogens is 3. The van der Waals surface area contributed by atoms with Crippen molar-refractivity contribution in [1.29, 1.82) is 0 Å². The summed E-state index contributed by atoms with van der Waals surface area (Å²) in [4.78, 5) is 20.7. The average Bonchev–Trinajstić information content (AvgIpc) is 3.09. The second kappa shape index (κ2) is 9.53. The van der Waals surface area contributed by atoms with Crippen LogP contribution < -0.4 is 10.5 Å². The van der Waals surface area contributed by atoms with Crippen molar-refractivity contribution in [3.05, 3.63) is 50.9 Å². The lowest BCUT2D eigenvalue weighted by atomic mass is 10.1. The molecule has 1 saturated heterocycles. The van der Waals surface area contributed by atoms with Gasteiger partial charge in [0.15, 0.2) is 5.65 Å². The van der Waals surface area contributed by atoms with Gasteiger partial charge in [-0.05, 0) is 48.2 Å². The number of ether oxygens (including phenoxy) is 1. The van der Waals surface area contributed by atoms with Crippen molar-refractivity contribution in [3.63, 3.8) is 0 Å².